The molecule has 0 spiro atoms. The molecule has 1 aromatic heterocycles. The van der Waals surface area contributed by atoms with Crippen molar-refractivity contribution in [3.8, 4) is 22.9 Å². The minimum absolute atomic E-state index is 0.0705. The maximum Gasteiger partial charge on any atom is 0.267 e. The number of nitrogens with two attached hydrogens (primary N) is 2. The number of carbonyl (C=O) groups excluding carboxylic acids is 2. The summed E-state index contributed by atoms with van der Waals surface area (Å²) in [5.41, 5.74) is 12.8. The zero-order chi connectivity index (χ0) is 23.4. The highest BCUT2D eigenvalue weighted by Gasteiger charge is 2.31. The summed E-state index contributed by atoms with van der Waals surface area (Å²) in [6.07, 6.45) is 3.21. The third-order valence-electron chi connectivity index (χ3n) is 5.35. The van der Waals surface area contributed by atoms with E-state index in [1.807, 2.05) is 24.3 Å². The summed E-state index contributed by atoms with van der Waals surface area (Å²) in [6.45, 7) is 0.609. The van der Waals surface area contributed by atoms with Crippen LogP contribution in [0.1, 0.15) is 28.9 Å². The number of anilines is 1. The number of rotatable bonds is 7. The van der Waals surface area contributed by atoms with Crippen molar-refractivity contribution in [1.29, 1.82) is 0 Å². The van der Waals surface area contributed by atoms with E-state index < -0.39 is 17.9 Å². The molecule has 9 heteroatoms. The van der Waals surface area contributed by atoms with Crippen LogP contribution >= 0.6 is 0 Å². The van der Waals surface area contributed by atoms with Crippen LogP contribution < -0.4 is 21.1 Å². The molecule has 2 heterocycles. The topological polar surface area (TPSA) is 137 Å². The molecule has 2 aromatic carbocycles. The fourth-order valence-electron chi connectivity index (χ4n) is 3.75. The van der Waals surface area contributed by atoms with Crippen LogP contribution in [0.4, 0.5) is 5.82 Å². The van der Waals surface area contributed by atoms with Crippen LogP contribution in [0.2, 0.25) is 0 Å². The summed E-state index contributed by atoms with van der Waals surface area (Å²) in [5.74, 6) is 1.00. The lowest BCUT2D eigenvalue weighted by atomic mass is 10.2. The number of hydrogen-bond donors (Lipinski definition) is 2. The Labute approximate surface area is 191 Å². The lowest BCUT2D eigenvalue weighted by molar-refractivity contribution is -0.119. The fourth-order valence-corrected chi connectivity index (χ4v) is 3.75. The van der Waals surface area contributed by atoms with Gasteiger partial charge in [-0.2, -0.15) is 0 Å². The summed E-state index contributed by atoms with van der Waals surface area (Å²) in [7, 11) is 1.72. The van der Waals surface area contributed by atoms with Crippen LogP contribution in [0.3, 0.4) is 0 Å². The van der Waals surface area contributed by atoms with Gasteiger partial charge in [-0.15, -0.1) is 0 Å². The van der Waals surface area contributed by atoms with Crippen molar-refractivity contribution in [3.05, 3.63) is 65.9 Å². The second-order valence-electron chi connectivity index (χ2n) is 7.64. The van der Waals surface area contributed by atoms with Gasteiger partial charge in [0.25, 0.3) is 5.91 Å². The van der Waals surface area contributed by atoms with Gasteiger partial charge in [0, 0.05) is 31.4 Å². The zero-order valence-corrected chi connectivity index (χ0v) is 18.1. The Balaban J connectivity index is 1.59. The molecule has 4 N–H and O–H groups in total. The monoisotopic (exact) mass is 444 g/mol. The summed E-state index contributed by atoms with van der Waals surface area (Å²) in [4.78, 5) is 38.4. The van der Waals surface area contributed by atoms with Crippen LogP contribution in [0.15, 0.2) is 59.6 Å². The van der Waals surface area contributed by atoms with E-state index in [9.17, 15) is 9.59 Å². The molecular weight excluding hydrogens is 420 g/mol. The predicted molar refractivity (Wildman–Crippen MR) is 126 cm³/mol. The van der Waals surface area contributed by atoms with Crippen LogP contribution in [0, 0.1) is 0 Å². The number of hydrogen-bond acceptors (Lipinski definition) is 7. The van der Waals surface area contributed by atoms with Crippen molar-refractivity contribution >= 4 is 23.8 Å². The number of aliphatic imine (C=N–C) groups is 1. The molecule has 1 fully saturated rings. The molecule has 0 aliphatic carbocycles. The third kappa shape index (κ3) is 4.98. The van der Waals surface area contributed by atoms with E-state index in [0.29, 0.717) is 41.7 Å². The molecule has 1 aliphatic heterocycles. The average molecular weight is 444 g/mol. The second-order valence-corrected chi connectivity index (χ2v) is 7.64. The molecule has 0 unspecified atom stereocenters. The highest BCUT2D eigenvalue weighted by atomic mass is 16.5. The highest BCUT2D eigenvalue weighted by Crippen LogP contribution is 2.28. The molecule has 1 atom stereocenters. The van der Waals surface area contributed by atoms with E-state index in [2.05, 4.69) is 15.0 Å². The van der Waals surface area contributed by atoms with Crippen LogP contribution in [0.5, 0.6) is 11.5 Å². The fraction of sp³-hybridized carbons (Fsp3) is 0.208. The number of aromatic nitrogens is 2. The van der Waals surface area contributed by atoms with E-state index in [-0.39, 0.29) is 5.69 Å². The number of ether oxygens (including phenoxy) is 1. The SMILES string of the molecule is CN=Cc1ccc(Oc2ccc(-c3nc(C(N)=O)cc(N4CCC[C@H]4C(N)=O)n3)cc2)cc1. The summed E-state index contributed by atoms with van der Waals surface area (Å²) >= 11 is 0. The van der Waals surface area contributed by atoms with Gasteiger partial charge in [0.1, 0.15) is 29.1 Å². The van der Waals surface area contributed by atoms with Crippen molar-refractivity contribution in [2.24, 2.45) is 16.5 Å². The Morgan fingerprint density at radius 1 is 1.06 bits per heavy atom. The largest absolute Gasteiger partial charge is 0.457 e. The van der Waals surface area contributed by atoms with E-state index in [1.165, 1.54) is 6.07 Å². The van der Waals surface area contributed by atoms with E-state index >= 15 is 0 Å². The smallest absolute Gasteiger partial charge is 0.267 e. The van der Waals surface area contributed by atoms with Crippen LogP contribution in [-0.2, 0) is 4.79 Å². The van der Waals surface area contributed by atoms with Gasteiger partial charge in [-0.25, -0.2) is 9.97 Å². The van der Waals surface area contributed by atoms with Gasteiger partial charge in [0.15, 0.2) is 5.82 Å². The molecule has 0 radical (unpaired) electrons. The minimum Gasteiger partial charge on any atom is -0.457 e. The normalized spacial score (nSPS) is 15.7. The standard InChI is InChI=1S/C24H24N6O3/c1-27-14-15-4-8-17(9-5-15)33-18-10-6-16(7-11-18)24-28-19(22(25)31)13-21(29-24)30-12-2-3-20(30)23(26)32/h4-11,13-14,20H,2-3,12H2,1H3,(H2,25,31)(H2,26,32)/t20-/m0/s1. The molecule has 0 bridgehead atoms. The van der Waals surface area contributed by atoms with E-state index in [1.54, 1.807) is 42.4 Å². The van der Waals surface area contributed by atoms with Crippen LogP contribution in [-0.4, -0.2) is 47.6 Å². The minimum atomic E-state index is -0.675. The molecule has 0 saturated carbocycles. The van der Waals surface area contributed by atoms with Gasteiger partial charge in [-0.05, 0) is 66.9 Å². The Morgan fingerprint density at radius 2 is 1.73 bits per heavy atom. The van der Waals surface area contributed by atoms with Crippen molar-refractivity contribution in [2.45, 2.75) is 18.9 Å². The van der Waals surface area contributed by atoms with Crippen molar-refractivity contribution < 1.29 is 14.3 Å². The first-order valence-corrected chi connectivity index (χ1v) is 10.5. The summed E-state index contributed by atoms with van der Waals surface area (Å²) in [6, 6.07) is 15.8. The number of carbonyl (C=O) groups is 2. The number of primary amides is 2. The average Bonchev–Trinajstić information content (AvgIpc) is 3.31. The third-order valence-corrected chi connectivity index (χ3v) is 5.35. The van der Waals surface area contributed by atoms with E-state index in [4.69, 9.17) is 16.2 Å². The van der Waals surface area contributed by atoms with Gasteiger partial charge in [0.05, 0.1) is 0 Å². The van der Waals surface area contributed by atoms with Gasteiger partial charge in [-0.1, -0.05) is 0 Å². The number of nitrogens with zero attached hydrogens (tertiary/aromatic N) is 4. The quantitative estimate of drug-likeness (QED) is 0.537. The first-order valence-electron chi connectivity index (χ1n) is 10.5. The first kappa shape index (κ1) is 21.9. The van der Waals surface area contributed by atoms with Crippen molar-refractivity contribution in [1.82, 2.24) is 9.97 Å². The zero-order valence-electron chi connectivity index (χ0n) is 18.1. The maximum absolute atomic E-state index is 11.9. The van der Waals surface area contributed by atoms with Gasteiger partial charge in [-0.3, -0.25) is 14.6 Å². The summed E-state index contributed by atoms with van der Waals surface area (Å²) < 4.78 is 5.89. The first-order chi connectivity index (χ1) is 15.9. The highest BCUT2D eigenvalue weighted by molar-refractivity contribution is 5.92. The van der Waals surface area contributed by atoms with E-state index in [0.717, 1.165) is 12.0 Å². The Kier molecular flexibility index (Phi) is 6.30. The molecule has 2 amide bonds. The number of benzene rings is 2. The van der Waals surface area contributed by atoms with Gasteiger partial charge in [0.2, 0.25) is 5.91 Å². The Morgan fingerprint density at radius 3 is 2.33 bits per heavy atom. The van der Waals surface area contributed by atoms with Crippen LogP contribution in [0.25, 0.3) is 11.4 Å². The molecule has 4 rings (SSSR count). The molecule has 1 aliphatic rings. The molecule has 33 heavy (non-hydrogen) atoms. The lowest BCUT2D eigenvalue weighted by Crippen LogP contribution is -2.41. The van der Waals surface area contributed by atoms with Crippen molar-refractivity contribution in [2.75, 3.05) is 18.5 Å². The number of amides is 2. The molecule has 168 valence electrons. The van der Waals surface area contributed by atoms with Gasteiger partial charge < -0.3 is 21.1 Å². The molecular formula is C24H24N6O3. The Bertz CT molecular complexity index is 1190. The predicted octanol–water partition coefficient (Wildman–Crippen LogP) is 2.54. The lowest BCUT2D eigenvalue weighted by Gasteiger charge is -2.23. The maximum atomic E-state index is 11.9. The molecule has 9 nitrogen and oxygen atoms in total. The molecule has 3 aromatic rings. The van der Waals surface area contributed by atoms with Gasteiger partial charge >= 0.3 is 0 Å². The molecule has 1 saturated heterocycles. The second kappa shape index (κ2) is 9.47. The Hall–Kier alpha value is -4.27. The van der Waals surface area contributed by atoms with Crippen molar-refractivity contribution in [3.63, 3.8) is 0 Å². The summed E-state index contributed by atoms with van der Waals surface area (Å²) in [5, 5.41) is 0.